The second-order valence-electron chi connectivity index (χ2n) is 3.66. The van der Waals surface area contributed by atoms with Crippen molar-refractivity contribution in [2.45, 2.75) is 5.92 Å². The van der Waals surface area contributed by atoms with E-state index >= 15 is 0 Å². The third-order valence-corrected chi connectivity index (χ3v) is 2.81. The second-order valence-corrected chi connectivity index (χ2v) is 3.66. The fraction of sp³-hybridized carbons (Fsp3) is 0.455. The van der Waals surface area contributed by atoms with Crippen molar-refractivity contribution in [2.75, 3.05) is 19.8 Å². The molecule has 0 saturated carbocycles. The van der Waals surface area contributed by atoms with Crippen molar-refractivity contribution < 1.29 is 9.13 Å². The number of nitrogens with two attached hydrogens (primary N) is 1. The van der Waals surface area contributed by atoms with Gasteiger partial charge in [0.1, 0.15) is 5.82 Å². The molecule has 0 radical (unpaired) electrons. The third kappa shape index (κ3) is 1.65. The highest BCUT2D eigenvalue weighted by Gasteiger charge is 2.29. The van der Waals surface area contributed by atoms with Crippen LogP contribution in [0.2, 0.25) is 0 Å². The highest BCUT2D eigenvalue weighted by molar-refractivity contribution is 5.23. The third-order valence-electron chi connectivity index (χ3n) is 2.81. The van der Waals surface area contributed by atoms with Gasteiger partial charge in [-0.25, -0.2) is 4.39 Å². The number of ether oxygens (including phenoxy) is 1. The minimum Gasteiger partial charge on any atom is -0.380 e. The van der Waals surface area contributed by atoms with E-state index in [-0.39, 0.29) is 17.7 Å². The maximum Gasteiger partial charge on any atom is 0.126 e. The standard InChI is InChI=1S/C11H14FNO/c12-11-4-2-1-3-9(11)10-7-14-6-8(10)5-13/h1-4,8,10H,5-7,13H2. The van der Waals surface area contributed by atoms with Crippen molar-refractivity contribution in [3.63, 3.8) is 0 Å². The summed E-state index contributed by atoms with van der Waals surface area (Å²) in [5, 5.41) is 0. The normalized spacial score (nSPS) is 26.7. The predicted octanol–water partition coefficient (Wildman–Crippen LogP) is 1.51. The van der Waals surface area contributed by atoms with Gasteiger partial charge in [-0.3, -0.25) is 0 Å². The average molecular weight is 195 g/mol. The lowest BCUT2D eigenvalue weighted by Gasteiger charge is -2.16. The SMILES string of the molecule is NCC1COCC1c1ccccc1F. The summed E-state index contributed by atoms with van der Waals surface area (Å²) >= 11 is 0. The van der Waals surface area contributed by atoms with E-state index in [0.29, 0.717) is 19.8 Å². The lowest BCUT2D eigenvalue weighted by atomic mass is 9.89. The predicted molar refractivity (Wildman–Crippen MR) is 52.5 cm³/mol. The summed E-state index contributed by atoms with van der Waals surface area (Å²) in [4.78, 5) is 0. The van der Waals surface area contributed by atoms with E-state index in [2.05, 4.69) is 0 Å². The molecule has 0 aliphatic carbocycles. The molecule has 14 heavy (non-hydrogen) atoms. The van der Waals surface area contributed by atoms with Gasteiger partial charge in [-0.1, -0.05) is 18.2 Å². The molecule has 2 nitrogen and oxygen atoms in total. The van der Waals surface area contributed by atoms with E-state index < -0.39 is 0 Å². The van der Waals surface area contributed by atoms with Crippen LogP contribution in [0.3, 0.4) is 0 Å². The van der Waals surface area contributed by atoms with Crippen molar-refractivity contribution >= 4 is 0 Å². The average Bonchev–Trinajstić information content (AvgIpc) is 2.66. The minimum atomic E-state index is -0.151. The van der Waals surface area contributed by atoms with Gasteiger partial charge >= 0.3 is 0 Å². The van der Waals surface area contributed by atoms with Crippen LogP contribution in [0, 0.1) is 11.7 Å². The molecule has 1 aromatic carbocycles. The fourth-order valence-electron chi connectivity index (χ4n) is 1.95. The molecule has 1 aliphatic heterocycles. The van der Waals surface area contributed by atoms with Crippen molar-refractivity contribution in [3.05, 3.63) is 35.6 Å². The molecule has 0 bridgehead atoms. The zero-order valence-electron chi connectivity index (χ0n) is 7.95. The summed E-state index contributed by atoms with van der Waals surface area (Å²) in [7, 11) is 0. The van der Waals surface area contributed by atoms with Crippen LogP contribution in [-0.2, 0) is 4.74 Å². The molecule has 1 aliphatic rings. The topological polar surface area (TPSA) is 35.2 Å². The van der Waals surface area contributed by atoms with Crippen LogP contribution < -0.4 is 5.73 Å². The molecule has 3 heteroatoms. The van der Waals surface area contributed by atoms with Crippen LogP contribution in [0.5, 0.6) is 0 Å². The Morgan fingerprint density at radius 1 is 1.36 bits per heavy atom. The van der Waals surface area contributed by atoms with Gasteiger partial charge in [-0.15, -0.1) is 0 Å². The first-order valence-electron chi connectivity index (χ1n) is 4.85. The smallest absolute Gasteiger partial charge is 0.126 e. The van der Waals surface area contributed by atoms with Gasteiger partial charge in [0.25, 0.3) is 0 Å². The van der Waals surface area contributed by atoms with Crippen molar-refractivity contribution in [1.29, 1.82) is 0 Å². The lowest BCUT2D eigenvalue weighted by Crippen LogP contribution is -2.21. The van der Waals surface area contributed by atoms with E-state index in [1.165, 1.54) is 6.07 Å². The van der Waals surface area contributed by atoms with Crippen LogP contribution in [-0.4, -0.2) is 19.8 Å². The first-order valence-corrected chi connectivity index (χ1v) is 4.85. The van der Waals surface area contributed by atoms with Crippen LogP contribution in [0.25, 0.3) is 0 Å². The monoisotopic (exact) mass is 195 g/mol. The second kappa shape index (κ2) is 4.07. The van der Waals surface area contributed by atoms with Crippen LogP contribution in [0.1, 0.15) is 11.5 Å². The fourth-order valence-corrected chi connectivity index (χ4v) is 1.95. The summed E-state index contributed by atoms with van der Waals surface area (Å²) in [5.41, 5.74) is 6.35. The van der Waals surface area contributed by atoms with Gasteiger partial charge in [-0.2, -0.15) is 0 Å². The summed E-state index contributed by atoms with van der Waals surface area (Å²) in [6.07, 6.45) is 0. The molecule has 0 amide bonds. The van der Waals surface area contributed by atoms with Crippen molar-refractivity contribution in [1.82, 2.24) is 0 Å². The zero-order chi connectivity index (χ0) is 9.97. The molecule has 1 saturated heterocycles. The Balaban J connectivity index is 2.26. The minimum absolute atomic E-state index is 0.126. The molecule has 2 atom stereocenters. The molecule has 1 fully saturated rings. The van der Waals surface area contributed by atoms with E-state index in [9.17, 15) is 4.39 Å². The van der Waals surface area contributed by atoms with Crippen LogP contribution in [0.4, 0.5) is 4.39 Å². The Bertz CT molecular complexity index is 316. The molecule has 76 valence electrons. The molecule has 1 heterocycles. The first-order chi connectivity index (χ1) is 6.83. The van der Waals surface area contributed by atoms with Gasteiger partial charge in [0, 0.05) is 11.8 Å². The van der Waals surface area contributed by atoms with Gasteiger partial charge in [-0.05, 0) is 18.2 Å². The molecule has 0 aromatic heterocycles. The Labute approximate surface area is 82.9 Å². The van der Waals surface area contributed by atoms with Gasteiger partial charge < -0.3 is 10.5 Å². The number of hydrogen-bond donors (Lipinski definition) is 1. The molecule has 0 spiro atoms. The highest BCUT2D eigenvalue weighted by atomic mass is 19.1. The molecule has 2 N–H and O–H groups in total. The van der Waals surface area contributed by atoms with Gasteiger partial charge in [0.2, 0.25) is 0 Å². The quantitative estimate of drug-likeness (QED) is 0.776. The van der Waals surface area contributed by atoms with Crippen molar-refractivity contribution in [3.8, 4) is 0 Å². The Kier molecular flexibility index (Phi) is 2.79. The molecular formula is C11H14FNO. The number of hydrogen-bond acceptors (Lipinski definition) is 2. The Morgan fingerprint density at radius 2 is 2.14 bits per heavy atom. The molecular weight excluding hydrogens is 181 g/mol. The number of halogens is 1. The van der Waals surface area contributed by atoms with Crippen LogP contribution in [0.15, 0.2) is 24.3 Å². The summed E-state index contributed by atoms with van der Waals surface area (Å²) < 4.78 is 18.8. The molecule has 2 rings (SSSR count). The first kappa shape index (κ1) is 9.62. The molecule has 1 aromatic rings. The van der Waals surface area contributed by atoms with Crippen molar-refractivity contribution in [2.24, 2.45) is 11.7 Å². The zero-order valence-corrected chi connectivity index (χ0v) is 7.95. The van der Waals surface area contributed by atoms with Crippen LogP contribution >= 0.6 is 0 Å². The maximum absolute atomic E-state index is 13.5. The van der Waals surface area contributed by atoms with Gasteiger partial charge in [0.15, 0.2) is 0 Å². The van der Waals surface area contributed by atoms with E-state index in [0.717, 1.165) is 5.56 Å². The Morgan fingerprint density at radius 3 is 2.86 bits per heavy atom. The lowest BCUT2D eigenvalue weighted by molar-refractivity contribution is 0.185. The summed E-state index contributed by atoms with van der Waals surface area (Å²) in [6, 6.07) is 6.86. The van der Waals surface area contributed by atoms with E-state index in [4.69, 9.17) is 10.5 Å². The maximum atomic E-state index is 13.5. The summed E-state index contributed by atoms with van der Waals surface area (Å²) in [6.45, 7) is 1.79. The number of rotatable bonds is 2. The van der Waals surface area contributed by atoms with Gasteiger partial charge in [0.05, 0.1) is 13.2 Å². The Hall–Kier alpha value is -0.930. The van der Waals surface area contributed by atoms with E-state index in [1.54, 1.807) is 6.07 Å². The molecule has 2 unspecified atom stereocenters. The summed E-state index contributed by atoms with van der Waals surface area (Å²) in [5.74, 6) is 0.231. The van der Waals surface area contributed by atoms with E-state index in [1.807, 2.05) is 12.1 Å². The highest BCUT2D eigenvalue weighted by Crippen LogP contribution is 2.31. The number of benzene rings is 1. The largest absolute Gasteiger partial charge is 0.380 e.